The van der Waals surface area contributed by atoms with Crippen molar-refractivity contribution < 1.29 is 9.84 Å². The summed E-state index contributed by atoms with van der Waals surface area (Å²) < 4.78 is 5.37. The van der Waals surface area contributed by atoms with Gasteiger partial charge in [0.15, 0.2) is 0 Å². The number of nitrogens with zero attached hydrogens (tertiary/aromatic N) is 4. The second-order valence-electron chi connectivity index (χ2n) is 5.71. The van der Waals surface area contributed by atoms with E-state index >= 15 is 0 Å². The van der Waals surface area contributed by atoms with E-state index < -0.39 is 0 Å². The number of anilines is 2. The molecular weight excluding hydrogens is 376 g/mol. The molecule has 3 rings (SSSR count). The highest BCUT2D eigenvalue weighted by Gasteiger charge is 2.18. The first-order chi connectivity index (χ1) is 13.6. The van der Waals surface area contributed by atoms with Crippen LogP contribution in [0.5, 0.6) is 5.75 Å². The molecule has 3 aromatic rings. The second-order valence-corrected chi connectivity index (χ2v) is 6.68. The maximum absolute atomic E-state index is 9.55. The molecule has 0 radical (unpaired) electrons. The molecule has 0 aliphatic heterocycles. The van der Waals surface area contributed by atoms with Crippen molar-refractivity contribution >= 4 is 23.3 Å². The number of nitrogens with two attached hydrogens (primary N) is 2. The maximum atomic E-state index is 9.55. The first-order valence-electron chi connectivity index (χ1n) is 8.35. The fourth-order valence-corrected chi connectivity index (χ4v) is 3.45. The van der Waals surface area contributed by atoms with E-state index in [1.807, 2.05) is 6.07 Å². The van der Waals surface area contributed by atoms with Gasteiger partial charge in [0.1, 0.15) is 34.8 Å². The van der Waals surface area contributed by atoms with Gasteiger partial charge in [-0.25, -0.2) is 4.98 Å². The lowest BCUT2D eigenvalue weighted by atomic mass is 10.00. The van der Waals surface area contributed by atoms with Gasteiger partial charge in [-0.3, -0.25) is 0 Å². The molecule has 0 saturated carbocycles. The molecule has 1 aromatic carbocycles. The molecule has 8 nitrogen and oxygen atoms in total. The van der Waals surface area contributed by atoms with E-state index in [0.717, 1.165) is 11.1 Å². The van der Waals surface area contributed by atoms with E-state index in [4.69, 9.17) is 21.3 Å². The molecule has 142 valence electrons. The van der Waals surface area contributed by atoms with Crippen molar-refractivity contribution in [2.24, 2.45) is 0 Å². The van der Waals surface area contributed by atoms with Crippen LogP contribution < -0.4 is 16.2 Å². The number of nitriles is 1. The van der Waals surface area contributed by atoms with Gasteiger partial charge in [0.05, 0.1) is 18.5 Å². The lowest BCUT2D eigenvalue weighted by molar-refractivity contribution is 0.201. The molecule has 0 bridgehead atoms. The Morgan fingerprint density at radius 1 is 1.14 bits per heavy atom. The number of ether oxygens (including phenoxy) is 1. The predicted molar refractivity (Wildman–Crippen MR) is 107 cm³/mol. The summed E-state index contributed by atoms with van der Waals surface area (Å²) in [5.74, 6) is 1.32. The number of nitrogen functional groups attached to an aromatic ring is 2. The molecule has 0 spiro atoms. The van der Waals surface area contributed by atoms with Crippen molar-refractivity contribution in [1.29, 1.82) is 5.26 Å². The van der Waals surface area contributed by atoms with E-state index in [-0.39, 0.29) is 24.6 Å². The summed E-state index contributed by atoms with van der Waals surface area (Å²) in [5, 5.41) is 26.6. The zero-order chi connectivity index (χ0) is 19.9. The smallest absolute Gasteiger partial charge is 0.143 e. The number of rotatable bonds is 7. The van der Waals surface area contributed by atoms with Gasteiger partial charge < -0.3 is 21.3 Å². The van der Waals surface area contributed by atoms with Gasteiger partial charge in [-0.2, -0.15) is 15.5 Å². The first-order valence-corrected chi connectivity index (χ1v) is 9.34. The lowest BCUT2D eigenvalue weighted by Gasteiger charge is -2.14. The molecule has 0 unspecified atom stereocenters. The van der Waals surface area contributed by atoms with Crippen LogP contribution in [0, 0.1) is 11.3 Å². The number of thioether (sulfide) groups is 1. The van der Waals surface area contributed by atoms with Crippen LogP contribution in [0.4, 0.5) is 11.5 Å². The first kappa shape index (κ1) is 19.4. The third-order valence-corrected chi connectivity index (χ3v) is 4.93. The Labute approximate surface area is 166 Å². The van der Waals surface area contributed by atoms with Crippen LogP contribution in [-0.4, -0.2) is 33.5 Å². The quantitative estimate of drug-likeness (QED) is 0.514. The number of pyridine rings is 1. The molecule has 5 N–H and O–H groups in total. The topological polar surface area (TPSA) is 144 Å². The number of aliphatic hydroxyl groups is 1. The number of aliphatic hydroxyl groups excluding tert-OH is 1. The zero-order valence-corrected chi connectivity index (χ0v) is 15.7. The second kappa shape index (κ2) is 9.03. The Morgan fingerprint density at radius 2 is 1.93 bits per heavy atom. The minimum absolute atomic E-state index is 0.0677. The Kier molecular flexibility index (Phi) is 6.26. The van der Waals surface area contributed by atoms with Crippen LogP contribution in [0.2, 0.25) is 0 Å². The third-order valence-electron chi connectivity index (χ3n) is 3.86. The molecule has 28 heavy (non-hydrogen) atoms. The minimum Gasteiger partial charge on any atom is -0.491 e. The summed E-state index contributed by atoms with van der Waals surface area (Å²) in [6.07, 6.45) is 3.29. The van der Waals surface area contributed by atoms with Crippen LogP contribution in [0.3, 0.4) is 0 Å². The van der Waals surface area contributed by atoms with Crippen molar-refractivity contribution in [3.8, 4) is 22.9 Å². The average Bonchev–Trinajstić information content (AvgIpc) is 2.73. The summed E-state index contributed by atoms with van der Waals surface area (Å²) in [4.78, 5) is 4.31. The molecule has 0 atom stereocenters. The van der Waals surface area contributed by atoms with E-state index in [1.165, 1.54) is 11.8 Å². The van der Waals surface area contributed by atoms with E-state index in [9.17, 15) is 5.26 Å². The van der Waals surface area contributed by atoms with Crippen molar-refractivity contribution in [1.82, 2.24) is 15.2 Å². The highest BCUT2D eigenvalue weighted by atomic mass is 32.2. The molecule has 0 amide bonds. The summed E-state index contributed by atoms with van der Waals surface area (Å²) in [6.45, 7) is 0.138. The molecule has 0 aliphatic carbocycles. The van der Waals surface area contributed by atoms with Crippen molar-refractivity contribution in [2.75, 3.05) is 24.7 Å². The fraction of sp³-hybridized carbons (Fsp3) is 0.158. The minimum atomic E-state index is -0.0677. The Balaban J connectivity index is 1.95. The standard InChI is InChI=1S/C19H18N6O2S/c20-9-15-16(13-1-3-14(4-2-13)27-8-7-26)17(21)19(25-18(15)22)28-11-12-5-6-23-24-10-12/h1-6,10,26H,7-8,11,21H2,(H2,22,25). The summed E-state index contributed by atoms with van der Waals surface area (Å²) in [6, 6.07) is 11.0. The van der Waals surface area contributed by atoms with Gasteiger partial charge in [-0.1, -0.05) is 23.9 Å². The SMILES string of the molecule is N#Cc1c(N)nc(SCc2ccnnc2)c(N)c1-c1ccc(OCCO)cc1. The summed E-state index contributed by atoms with van der Waals surface area (Å²) in [5.41, 5.74) is 15.2. The van der Waals surface area contributed by atoms with Gasteiger partial charge >= 0.3 is 0 Å². The molecule has 0 fully saturated rings. The van der Waals surface area contributed by atoms with Crippen LogP contribution in [0.1, 0.15) is 11.1 Å². The van der Waals surface area contributed by atoms with Crippen LogP contribution in [0.15, 0.2) is 47.8 Å². The van der Waals surface area contributed by atoms with E-state index in [1.54, 1.807) is 36.7 Å². The largest absolute Gasteiger partial charge is 0.491 e. The molecule has 0 saturated heterocycles. The van der Waals surface area contributed by atoms with E-state index in [2.05, 4.69) is 21.3 Å². The Bertz CT molecular complexity index is 990. The zero-order valence-electron chi connectivity index (χ0n) is 14.9. The van der Waals surface area contributed by atoms with Crippen LogP contribution in [0.25, 0.3) is 11.1 Å². The highest BCUT2D eigenvalue weighted by Crippen LogP contribution is 2.39. The number of hydrogen-bond donors (Lipinski definition) is 3. The van der Waals surface area contributed by atoms with Crippen molar-refractivity contribution in [3.63, 3.8) is 0 Å². The number of aromatic nitrogens is 3. The molecule has 2 aromatic heterocycles. The van der Waals surface area contributed by atoms with Crippen molar-refractivity contribution in [3.05, 3.63) is 53.9 Å². The highest BCUT2D eigenvalue weighted by molar-refractivity contribution is 7.98. The van der Waals surface area contributed by atoms with Crippen molar-refractivity contribution in [2.45, 2.75) is 10.8 Å². The normalized spacial score (nSPS) is 10.4. The summed E-state index contributed by atoms with van der Waals surface area (Å²) in [7, 11) is 0. The van der Waals surface area contributed by atoms with Gasteiger partial charge in [-0.05, 0) is 29.3 Å². The third kappa shape index (κ3) is 4.31. The van der Waals surface area contributed by atoms with E-state index in [0.29, 0.717) is 27.8 Å². The van der Waals surface area contributed by atoms with Gasteiger partial charge in [-0.15, -0.1) is 0 Å². The Hall–Kier alpha value is -3.35. The molecule has 0 aliphatic rings. The number of hydrogen-bond acceptors (Lipinski definition) is 9. The average molecular weight is 394 g/mol. The van der Waals surface area contributed by atoms with Gasteiger partial charge in [0.2, 0.25) is 0 Å². The number of benzene rings is 1. The molecular formula is C19H18N6O2S. The monoisotopic (exact) mass is 394 g/mol. The lowest BCUT2D eigenvalue weighted by Crippen LogP contribution is -2.05. The van der Waals surface area contributed by atoms with Gasteiger partial charge in [0, 0.05) is 17.5 Å². The predicted octanol–water partition coefficient (Wildman–Crippen LogP) is 2.24. The Morgan fingerprint density at radius 3 is 2.57 bits per heavy atom. The summed E-state index contributed by atoms with van der Waals surface area (Å²) >= 11 is 1.41. The molecule has 9 heteroatoms. The van der Waals surface area contributed by atoms with Crippen LogP contribution in [-0.2, 0) is 5.75 Å². The van der Waals surface area contributed by atoms with Gasteiger partial charge in [0.25, 0.3) is 0 Å². The van der Waals surface area contributed by atoms with Crippen LogP contribution >= 0.6 is 11.8 Å². The molecule has 2 heterocycles. The maximum Gasteiger partial charge on any atom is 0.143 e. The fourth-order valence-electron chi connectivity index (χ4n) is 2.55.